The molecule has 2 heterocycles. The second kappa shape index (κ2) is 6.60. The van der Waals surface area contributed by atoms with E-state index in [9.17, 15) is 4.39 Å². The monoisotopic (exact) mass is 336 g/mol. The largest absolute Gasteiger partial charge is 0.471 e. The number of hydrogen-bond donors (Lipinski definition) is 1. The second-order valence-corrected chi connectivity index (χ2v) is 5.85. The predicted molar refractivity (Wildman–Crippen MR) is 86.0 cm³/mol. The lowest BCUT2D eigenvalue weighted by atomic mass is 10.0. The first-order chi connectivity index (χ1) is 11.1. The molecule has 1 aliphatic heterocycles. The molecule has 0 saturated carbocycles. The van der Waals surface area contributed by atoms with Gasteiger partial charge in [-0.3, -0.25) is 4.68 Å². The summed E-state index contributed by atoms with van der Waals surface area (Å²) in [7, 11) is 1.81. The molecule has 0 saturated heterocycles. The third-order valence-electron chi connectivity index (χ3n) is 3.94. The van der Waals surface area contributed by atoms with Crippen molar-refractivity contribution in [3.63, 3.8) is 0 Å². The van der Waals surface area contributed by atoms with Crippen molar-refractivity contribution in [1.82, 2.24) is 14.7 Å². The number of ether oxygens (including phenoxy) is 1. The molecule has 3 rings (SSSR count). The van der Waals surface area contributed by atoms with E-state index in [1.165, 1.54) is 12.1 Å². The summed E-state index contributed by atoms with van der Waals surface area (Å²) in [5.41, 5.74) is 7.59. The Morgan fingerprint density at radius 1 is 1.48 bits per heavy atom. The maximum absolute atomic E-state index is 13.4. The van der Waals surface area contributed by atoms with E-state index in [1.54, 1.807) is 23.2 Å². The summed E-state index contributed by atoms with van der Waals surface area (Å²) in [6.07, 6.45) is 5.25. The lowest BCUT2D eigenvalue weighted by Crippen LogP contribution is -2.40. The highest BCUT2D eigenvalue weighted by atomic mass is 35.5. The number of hydrogen-bond acceptors (Lipinski definition) is 4. The Morgan fingerprint density at radius 3 is 2.96 bits per heavy atom. The van der Waals surface area contributed by atoms with Crippen LogP contribution in [0.3, 0.4) is 0 Å². The Kier molecular flexibility index (Phi) is 4.54. The SMILES string of the molecule is Cn1ncc(Cl)c1C1OC=CN1[C@H](CN)Cc1cccc(F)c1. The van der Waals surface area contributed by atoms with Crippen molar-refractivity contribution in [2.75, 3.05) is 6.54 Å². The summed E-state index contributed by atoms with van der Waals surface area (Å²) >= 11 is 6.22. The summed E-state index contributed by atoms with van der Waals surface area (Å²) in [6.45, 7) is 0.399. The molecule has 2 N–H and O–H groups in total. The van der Waals surface area contributed by atoms with Crippen molar-refractivity contribution in [3.8, 4) is 0 Å². The van der Waals surface area contributed by atoms with Gasteiger partial charge in [0.2, 0.25) is 6.23 Å². The first-order valence-corrected chi connectivity index (χ1v) is 7.69. The zero-order chi connectivity index (χ0) is 16.4. The van der Waals surface area contributed by atoms with Gasteiger partial charge in [0, 0.05) is 25.8 Å². The van der Waals surface area contributed by atoms with Gasteiger partial charge in [0.05, 0.1) is 11.2 Å². The summed E-state index contributed by atoms with van der Waals surface area (Å²) in [4.78, 5) is 1.99. The van der Waals surface area contributed by atoms with Crippen LogP contribution in [0.25, 0.3) is 0 Å². The van der Waals surface area contributed by atoms with E-state index in [2.05, 4.69) is 5.10 Å². The number of rotatable bonds is 5. The number of halogens is 2. The molecule has 0 amide bonds. The van der Waals surface area contributed by atoms with Crippen molar-refractivity contribution in [3.05, 3.63) is 65.0 Å². The average Bonchev–Trinajstić information content (AvgIpc) is 3.11. The predicted octanol–water partition coefficient (Wildman–Crippen LogP) is 2.58. The molecule has 23 heavy (non-hydrogen) atoms. The molecular weight excluding hydrogens is 319 g/mol. The van der Waals surface area contributed by atoms with E-state index >= 15 is 0 Å². The van der Waals surface area contributed by atoms with Gasteiger partial charge in [-0.1, -0.05) is 23.7 Å². The van der Waals surface area contributed by atoms with Crippen LogP contribution in [0.2, 0.25) is 5.02 Å². The van der Waals surface area contributed by atoms with Crippen LogP contribution in [0.5, 0.6) is 0 Å². The number of aromatic nitrogens is 2. The van der Waals surface area contributed by atoms with E-state index in [0.29, 0.717) is 18.0 Å². The van der Waals surface area contributed by atoms with Gasteiger partial charge in [-0.15, -0.1) is 0 Å². The summed E-state index contributed by atoms with van der Waals surface area (Å²) < 4.78 is 20.8. The Hall–Kier alpha value is -2.05. The molecule has 2 atom stereocenters. The van der Waals surface area contributed by atoms with Crippen molar-refractivity contribution >= 4 is 11.6 Å². The Bertz CT molecular complexity index is 698. The Morgan fingerprint density at radius 2 is 2.30 bits per heavy atom. The molecule has 0 radical (unpaired) electrons. The second-order valence-electron chi connectivity index (χ2n) is 5.45. The van der Waals surface area contributed by atoms with Crippen LogP contribution in [0.15, 0.2) is 42.9 Å². The molecule has 0 spiro atoms. The molecule has 122 valence electrons. The van der Waals surface area contributed by atoms with Crippen molar-refractivity contribution in [1.29, 1.82) is 0 Å². The van der Waals surface area contributed by atoms with Gasteiger partial charge in [0.25, 0.3) is 0 Å². The molecule has 5 nitrogen and oxygen atoms in total. The van der Waals surface area contributed by atoms with E-state index in [4.69, 9.17) is 22.1 Å². The highest BCUT2D eigenvalue weighted by Crippen LogP contribution is 2.34. The normalized spacial score (nSPS) is 18.3. The van der Waals surface area contributed by atoms with Crippen LogP contribution in [0, 0.1) is 5.82 Å². The van der Waals surface area contributed by atoms with Crippen LogP contribution < -0.4 is 5.73 Å². The van der Waals surface area contributed by atoms with Crippen LogP contribution in [0.1, 0.15) is 17.5 Å². The van der Waals surface area contributed by atoms with Gasteiger partial charge in [0.1, 0.15) is 17.8 Å². The smallest absolute Gasteiger partial charge is 0.216 e. The first-order valence-electron chi connectivity index (χ1n) is 7.31. The first kappa shape index (κ1) is 15.8. The van der Waals surface area contributed by atoms with Crippen LogP contribution in [-0.4, -0.2) is 27.3 Å². The van der Waals surface area contributed by atoms with Gasteiger partial charge in [-0.05, 0) is 24.1 Å². The Balaban J connectivity index is 1.83. The molecule has 1 aromatic heterocycles. The summed E-state index contributed by atoms with van der Waals surface area (Å²) in [5.74, 6) is -0.252. The standard InChI is InChI=1S/C16H18ClFN4O/c1-21-15(14(17)10-20-21)16-22(5-6-23-16)13(9-19)8-11-3-2-4-12(18)7-11/h2-7,10,13,16H,8-9,19H2,1H3/t13-,16?/m0/s1. The lowest BCUT2D eigenvalue weighted by molar-refractivity contribution is 0.0264. The maximum Gasteiger partial charge on any atom is 0.216 e. The molecule has 1 aliphatic rings. The van der Waals surface area contributed by atoms with E-state index in [-0.39, 0.29) is 11.9 Å². The van der Waals surface area contributed by atoms with E-state index in [0.717, 1.165) is 11.3 Å². The molecule has 1 aromatic carbocycles. The van der Waals surface area contributed by atoms with Gasteiger partial charge >= 0.3 is 0 Å². The molecule has 7 heteroatoms. The zero-order valence-corrected chi connectivity index (χ0v) is 13.4. The van der Waals surface area contributed by atoms with Crippen molar-refractivity contribution in [2.45, 2.75) is 18.7 Å². The minimum absolute atomic E-state index is 0.0495. The van der Waals surface area contributed by atoms with Gasteiger partial charge in [-0.25, -0.2) is 4.39 Å². The van der Waals surface area contributed by atoms with Crippen molar-refractivity contribution < 1.29 is 9.13 Å². The van der Waals surface area contributed by atoms with Gasteiger partial charge < -0.3 is 15.4 Å². The Labute approximate surface area is 139 Å². The summed E-state index contributed by atoms with van der Waals surface area (Å²) in [5, 5.41) is 4.68. The number of nitrogens with two attached hydrogens (primary N) is 1. The van der Waals surface area contributed by atoms with Crippen molar-refractivity contribution in [2.24, 2.45) is 12.8 Å². The van der Waals surface area contributed by atoms with Gasteiger partial charge in [0.15, 0.2) is 0 Å². The number of benzene rings is 1. The maximum atomic E-state index is 13.4. The zero-order valence-electron chi connectivity index (χ0n) is 12.7. The molecule has 0 fully saturated rings. The summed E-state index contributed by atoms with van der Waals surface area (Å²) in [6, 6.07) is 6.49. The quantitative estimate of drug-likeness (QED) is 0.911. The minimum Gasteiger partial charge on any atom is -0.471 e. The molecule has 2 aromatic rings. The van der Waals surface area contributed by atoms with E-state index in [1.807, 2.05) is 24.2 Å². The number of aryl methyl sites for hydroxylation is 1. The average molecular weight is 337 g/mol. The van der Waals surface area contributed by atoms with Crippen LogP contribution >= 0.6 is 11.6 Å². The minimum atomic E-state index is -0.392. The third-order valence-corrected chi connectivity index (χ3v) is 4.23. The van der Waals surface area contributed by atoms with Gasteiger partial charge in [-0.2, -0.15) is 5.10 Å². The van der Waals surface area contributed by atoms with E-state index < -0.39 is 6.23 Å². The highest BCUT2D eigenvalue weighted by molar-refractivity contribution is 6.31. The third kappa shape index (κ3) is 3.18. The van der Waals surface area contributed by atoms with Crippen LogP contribution in [-0.2, 0) is 18.2 Å². The fourth-order valence-electron chi connectivity index (χ4n) is 2.79. The molecular formula is C16H18ClFN4O. The van der Waals surface area contributed by atoms with Crippen LogP contribution in [0.4, 0.5) is 4.39 Å². The molecule has 0 bridgehead atoms. The fourth-order valence-corrected chi connectivity index (χ4v) is 3.05. The number of nitrogens with zero attached hydrogens (tertiary/aromatic N) is 3. The highest BCUT2D eigenvalue weighted by Gasteiger charge is 2.32. The lowest BCUT2D eigenvalue weighted by Gasteiger charge is -2.32. The fraction of sp³-hybridized carbons (Fsp3) is 0.312. The molecule has 1 unspecified atom stereocenters. The molecule has 0 aliphatic carbocycles. The topological polar surface area (TPSA) is 56.3 Å².